The van der Waals surface area contributed by atoms with Gasteiger partial charge in [-0.1, -0.05) is 44.5 Å². The Kier molecular flexibility index (Phi) is 7.36. The highest BCUT2D eigenvalue weighted by molar-refractivity contribution is 6.32. The molecule has 0 aliphatic rings. The third-order valence-electron chi connectivity index (χ3n) is 5.28. The minimum atomic E-state index is 0.0833. The van der Waals surface area contributed by atoms with Crippen molar-refractivity contribution in [1.82, 2.24) is 19.9 Å². The molecule has 0 amide bonds. The standard InChI is InChI=1S/C26H28ClN5O2/c1-26(2,3)17-7-9-18(10-8-17)29-24-19-11-12-21(23-20(27)6-5-13-28-23)30-25(19)32-22(31-24)16-34-15-14-33-4/h5-13H,14-16H2,1-4H3,(H,29,30,31,32). The highest BCUT2D eigenvalue weighted by Gasteiger charge is 2.15. The number of pyridine rings is 2. The molecule has 4 aromatic rings. The number of hydrogen-bond donors (Lipinski definition) is 1. The molecule has 8 heteroatoms. The van der Waals surface area contributed by atoms with Gasteiger partial charge in [0.05, 0.1) is 29.3 Å². The Balaban J connectivity index is 1.71. The molecule has 1 N–H and O–H groups in total. The van der Waals surface area contributed by atoms with Crippen molar-refractivity contribution in [3.8, 4) is 11.4 Å². The molecule has 1 aromatic carbocycles. The van der Waals surface area contributed by atoms with Gasteiger partial charge in [-0.05, 0) is 47.4 Å². The highest BCUT2D eigenvalue weighted by atomic mass is 35.5. The summed E-state index contributed by atoms with van der Waals surface area (Å²) < 4.78 is 10.7. The van der Waals surface area contributed by atoms with Crippen molar-refractivity contribution in [1.29, 1.82) is 0 Å². The van der Waals surface area contributed by atoms with E-state index < -0.39 is 0 Å². The molecule has 0 spiro atoms. The molecule has 7 nitrogen and oxygen atoms in total. The number of hydrogen-bond acceptors (Lipinski definition) is 7. The van der Waals surface area contributed by atoms with Crippen molar-refractivity contribution < 1.29 is 9.47 Å². The number of halogens is 1. The summed E-state index contributed by atoms with van der Waals surface area (Å²) in [6, 6.07) is 15.8. The van der Waals surface area contributed by atoms with Crippen LogP contribution in [0, 0.1) is 0 Å². The monoisotopic (exact) mass is 477 g/mol. The molecule has 0 fully saturated rings. The molecule has 0 aliphatic carbocycles. The fourth-order valence-corrected chi connectivity index (χ4v) is 3.64. The smallest absolute Gasteiger partial charge is 0.165 e. The predicted octanol–water partition coefficient (Wildman–Crippen LogP) is 5.94. The normalized spacial score (nSPS) is 11.7. The third kappa shape index (κ3) is 5.67. The van der Waals surface area contributed by atoms with Gasteiger partial charge in [0.25, 0.3) is 0 Å². The van der Waals surface area contributed by atoms with Gasteiger partial charge in [-0.3, -0.25) is 4.98 Å². The van der Waals surface area contributed by atoms with Gasteiger partial charge in [0.2, 0.25) is 0 Å². The Morgan fingerprint density at radius 2 is 1.74 bits per heavy atom. The Bertz CT molecular complexity index is 1270. The fourth-order valence-electron chi connectivity index (χ4n) is 3.42. The van der Waals surface area contributed by atoms with E-state index in [-0.39, 0.29) is 12.0 Å². The Morgan fingerprint density at radius 1 is 0.941 bits per heavy atom. The van der Waals surface area contributed by atoms with Crippen LogP contribution < -0.4 is 5.32 Å². The highest BCUT2D eigenvalue weighted by Crippen LogP contribution is 2.29. The lowest BCUT2D eigenvalue weighted by atomic mass is 9.87. The van der Waals surface area contributed by atoms with E-state index in [0.29, 0.717) is 46.9 Å². The van der Waals surface area contributed by atoms with Crippen molar-refractivity contribution in [3.05, 3.63) is 71.1 Å². The van der Waals surface area contributed by atoms with E-state index >= 15 is 0 Å². The zero-order valence-electron chi connectivity index (χ0n) is 19.8. The molecule has 3 aromatic heterocycles. The first-order chi connectivity index (χ1) is 16.3. The number of anilines is 2. The number of nitrogens with zero attached hydrogens (tertiary/aromatic N) is 4. The molecule has 0 atom stereocenters. The molecule has 0 aliphatic heterocycles. The first-order valence-corrected chi connectivity index (χ1v) is 11.5. The van der Waals surface area contributed by atoms with Crippen molar-refractivity contribution in [2.24, 2.45) is 0 Å². The zero-order valence-corrected chi connectivity index (χ0v) is 20.6. The van der Waals surface area contributed by atoms with Gasteiger partial charge in [0.1, 0.15) is 18.1 Å². The summed E-state index contributed by atoms with van der Waals surface area (Å²) in [5.74, 6) is 1.18. The fraction of sp³-hybridized carbons (Fsp3) is 0.308. The molecule has 4 rings (SSSR count). The maximum Gasteiger partial charge on any atom is 0.165 e. The van der Waals surface area contributed by atoms with Crippen molar-refractivity contribution in [2.45, 2.75) is 32.8 Å². The van der Waals surface area contributed by atoms with E-state index in [2.05, 4.69) is 60.3 Å². The lowest BCUT2D eigenvalue weighted by Gasteiger charge is -2.19. The zero-order chi connectivity index (χ0) is 24.1. The van der Waals surface area contributed by atoms with Crippen LogP contribution in [0.1, 0.15) is 32.2 Å². The van der Waals surface area contributed by atoms with E-state index in [1.165, 1.54) is 5.56 Å². The Morgan fingerprint density at radius 3 is 2.44 bits per heavy atom. The summed E-state index contributed by atoms with van der Waals surface area (Å²) in [5, 5.41) is 4.74. The van der Waals surface area contributed by atoms with Crippen molar-refractivity contribution >= 4 is 34.1 Å². The summed E-state index contributed by atoms with van der Waals surface area (Å²) >= 11 is 6.34. The van der Waals surface area contributed by atoms with Crippen LogP contribution in [0.2, 0.25) is 5.02 Å². The van der Waals surface area contributed by atoms with Crippen LogP contribution in [0.15, 0.2) is 54.7 Å². The van der Waals surface area contributed by atoms with Crippen LogP contribution in [0.3, 0.4) is 0 Å². The van der Waals surface area contributed by atoms with Crippen molar-refractivity contribution in [2.75, 3.05) is 25.6 Å². The molecule has 176 valence electrons. The molecule has 34 heavy (non-hydrogen) atoms. The van der Waals surface area contributed by atoms with Crippen LogP contribution in [-0.2, 0) is 21.5 Å². The lowest BCUT2D eigenvalue weighted by Crippen LogP contribution is -2.10. The maximum atomic E-state index is 6.34. The summed E-state index contributed by atoms with van der Waals surface area (Å²) in [6.45, 7) is 7.78. The molecule has 0 bridgehead atoms. The summed E-state index contributed by atoms with van der Waals surface area (Å²) in [5.41, 5.74) is 4.05. The van der Waals surface area contributed by atoms with E-state index in [1.807, 2.05) is 12.1 Å². The van der Waals surface area contributed by atoms with Gasteiger partial charge in [-0.25, -0.2) is 15.0 Å². The average molecular weight is 478 g/mol. The molecular weight excluding hydrogens is 450 g/mol. The quantitative estimate of drug-likeness (QED) is 0.314. The van der Waals surface area contributed by atoms with Gasteiger partial charge >= 0.3 is 0 Å². The average Bonchev–Trinajstić information content (AvgIpc) is 2.81. The number of aromatic nitrogens is 4. The maximum absolute atomic E-state index is 6.34. The van der Waals surface area contributed by atoms with E-state index in [4.69, 9.17) is 31.0 Å². The molecule has 0 saturated carbocycles. The number of benzene rings is 1. The van der Waals surface area contributed by atoms with Crippen LogP contribution in [-0.4, -0.2) is 40.3 Å². The minimum absolute atomic E-state index is 0.0833. The van der Waals surface area contributed by atoms with E-state index in [1.54, 1.807) is 25.4 Å². The van der Waals surface area contributed by atoms with Crippen LogP contribution >= 0.6 is 11.6 Å². The van der Waals surface area contributed by atoms with E-state index in [0.717, 1.165) is 11.1 Å². The lowest BCUT2D eigenvalue weighted by molar-refractivity contribution is 0.0588. The third-order valence-corrected chi connectivity index (χ3v) is 5.59. The summed E-state index contributed by atoms with van der Waals surface area (Å²) in [4.78, 5) is 18.5. The topological polar surface area (TPSA) is 82.0 Å². The van der Waals surface area contributed by atoms with Gasteiger partial charge in [0.15, 0.2) is 11.5 Å². The first-order valence-electron chi connectivity index (χ1n) is 11.1. The largest absolute Gasteiger partial charge is 0.382 e. The summed E-state index contributed by atoms with van der Waals surface area (Å²) in [7, 11) is 1.64. The molecule has 3 heterocycles. The molecule has 0 saturated heterocycles. The number of ether oxygens (including phenoxy) is 2. The molecular formula is C26H28ClN5O2. The molecule has 0 radical (unpaired) electrons. The van der Waals surface area contributed by atoms with Gasteiger partial charge in [0, 0.05) is 19.0 Å². The minimum Gasteiger partial charge on any atom is -0.382 e. The SMILES string of the molecule is COCCOCc1nc(Nc2ccc(C(C)(C)C)cc2)c2ccc(-c3ncccc3Cl)nc2n1. The second kappa shape index (κ2) is 10.4. The molecule has 0 unspecified atom stereocenters. The van der Waals surface area contributed by atoms with Gasteiger partial charge in [-0.2, -0.15) is 0 Å². The van der Waals surface area contributed by atoms with E-state index in [9.17, 15) is 0 Å². The number of nitrogens with one attached hydrogen (secondary N) is 1. The number of methoxy groups -OCH3 is 1. The first kappa shape index (κ1) is 24.0. The Labute approximate surface area is 204 Å². The van der Waals surface area contributed by atoms with Crippen LogP contribution in [0.25, 0.3) is 22.4 Å². The van der Waals surface area contributed by atoms with Gasteiger partial charge in [-0.15, -0.1) is 0 Å². The summed E-state index contributed by atoms with van der Waals surface area (Å²) in [6.07, 6.45) is 1.69. The second-order valence-corrected chi connectivity index (χ2v) is 9.29. The predicted molar refractivity (Wildman–Crippen MR) is 136 cm³/mol. The second-order valence-electron chi connectivity index (χ2n) is 8.89. The Hall–Kier alpha value is -3.13. The number of rotatable bonds is 8. The van der Waals surface area contributed by atoms with Crippen LogP contribution in [0.4, 0.5) is 11.5 Å². The van der Waals surface area contributed by atoms with Gasteiger partial charge < -0.3 is 14.8 Å². The van der Waals surface area contributed by atoms with Crippen molar-refractivity contribution in [3.63, 3.8) is 0 Å². The number of fused-ring (bicyclic) bond motifs is 1. The van der Waals surface area contributed by atoms with Crippen LogP contribution in [0.5, 0.6) is 0 Å².